The maximum absolute atomic E-state index is 5.63. The molecule has 2 N–H and O–H groups in total. The first-order valence-electron chi connectivity index (χ1n) is 6.72. The van der Waals surface area contributed by atoms with E-state index in [0.29, 0.717) is 23.9 Å². The predicted octanol–water partition coefficient (Wildman–Crippen LogP) is 2.22. The second-order valence-electron chi connectivity index (χ2n) is 5.47. The zero-order chi connectivity index (χ0) is 14.9. The van der Waals surface area contributed by atoms with Gasteiger partial charge in [-0.05, 0) is 19.4 Å². The average Bonchev–Trinajstić information content (AvgIpc) is 3.10. The molecule has 3 aromatic rings. The van der Waals surface area contributed by atoms with Crippen molar-refractivity contribution in [2.45, 2.75) is 25.8 Å². The Bertz CT molecular complexity index is 729. The third-order valence-electron chi connectivity index (χ3n) is 3.47. The van der Waals surface area contributed by atoms with E-state index in [0.717, 1.165) is 5.56 Å². The summed E-state index contributed by atoms with van der Waals surface area (Å²) >= 11 is 0. The van der Waals surface area contributed by atoms with Crippen molar-refractivity contribution in [3.8, 4) is 0 Å². The molecule has 0 radical (unpaired) electrons. The quantitative estimate of drug-likeness (QED) is 0.793. The van der Waals surface area contributed by atoms with Gasteiger partial charge in [0.1, 0.15) is 6.54 Å². The van der Waals surface area contributed by atoms with Crippen molar-refractivity contribution >= 4 is 5.69 Å². The molecule has 2 aromatic heterocycles. The molecule has 0 amide bonds. The minimum Gasteiger partial charge on any atom is -0.396 e. The molecule has 2 heterocycles. The van der Waals surface area contributed by atoms with E-state index < -0.39 is 0 Å². The lowest BCUT2D eigenvalue weighted by atomic mass is 9.84. The topological polar surface area (TPSA) is 82.8 Å². The summed E-state index contributed by atoms with van der Waals surface area (Å²) in [4.78, 5) is 4.48. The molecular weight excluding hydrogens is 266 g/mol. The molecule has 0 aliphatic rings. The number of hydrogen-bond acceptors (Lipinski definition) is 5. The van der Waals surface area contributed by atoms with Crippen molar-refractivity contribution in [1.29, 1.82) is 0 Å². The first-order chi connectivity index (χ1) is 10.1. The number of benzene rings is 1. The molecule has 0 aliphatic carbocycles. The van der Waals surface area contributed by atoms with E-state index in [-0.39, 0.29) is 5.41 Å². The normalized spacial score (nSPS) is 11.7. The van der Waals surface area contributed by atoms with Gasteiger partial charge in [0.2, 0.25) is 5.89 Å². The van der Waals surface area contributed by atoms with Crippen LogP contribution in [0.25, 0.3) is 0 Å². The SMILES string of the molecule is CC(C)(c1ccccc1)c1noc(Cn2cc(N)cn2)n1. The molecule has 0 fully saturated rings. The molecule has 0 spiro atoms. The Morgan fingerprint density at radius 1 is 1.24 bits per heavy atom. The molecule has 3 rings (SSSR count). The molecule has 0 aliphatic heterocycles. The summed E-state index contributed by atoms with van der Waals surface area (Å²) in [6.07, 6.45) is 3.32. The van der Waals surface area contributed by atoms with Gasteiger partial charge in [-0.1, -0.05) is 35.5 Å². The number of nitrogens with two attached hydrogens (primary N) is 1. The van der Waals surface area contributed by atoms with E-state index in [4.69, 9.17) is 10.3 Å². The summed E-state index contributed by atoms with van der Waals surface area (Å²) in [7, 11) is 0. The number of anilines is 1. The van der Waals surface area contributed by atoms with E-state index in [2.05, 4.69) is 41.2 Å². The van der Waals surface area contributed by atoms with Crippen LogP contribution < -0.4 is 5.73 Å². The largest absolute Gasteiger partial charge is 0.396 e. The molecule has 21 heavy (non-hydrogen) atoms. The first kappa shape index (κ1) is 13.4. The van der Waals surface area contributed by atoms with E-state index in [1.54, 1.807) is 17.1 Å². The molecule has 108 valence electrons. The summed E-state index contributed by atoms with van der Waals surface area (Å²) in [6, 6.07) is 10.1. The number of aromatic nitrogens is 4. The van der Waals surface area contributed by atoms with Crippen LogP contribution in [-0.2, 0) is 12.0 Å². The standard InChI is InChI=1S/C15H17N5O/c1-15(2,11-6-4-3-5-7-11)14-18-13(21-19-14)10-20-9-12(16)8-17-20/h3-9H,10,16H2,1-2H3. The third-order valence-corrected chi connectivity index (χ3v) is 3.47. The zero-order valence-electron chi connectivity index (χ0n) is 12.0. The minimum absolute atomic E-state index is 0.313. The number of nitrogen functional groups attached to an aromatic ring is 1. The van der Waals surface area contributed by atoms with Gasteiger partial charge in [-0.2, -0.15) is 10.1 Å². The Hall–Kier alpha value is -2.63. The van der Waals surface area contributed by atoms with Crippen LogP contribution >= 0.6 is 0 Å². The molecule has 0 atom stereocenters. The van der Waals surface area contributed by atoms with E-state index in [1.165, 1.54) is 0 Å². The summed E-state index contributed by atoms with van der Waals surface area (Å²) in [5.74, 6) is 1.17. The van der Waals surface area contributed by atoms with Gasteiger partial charge in [-0.15, -0.1) is 0 Å². The van der Waals surface area contributed by atoms with Gasteiger partial charge in [0, 0.05) is 6.20 Å². The van der Waals surface area contributed by atoms with E-state index >= 15 is 0 Å². The molecule has 0 bridgehead atoms. The smallest absolute Gasteiger partial charge is 0.248 e. The van der Waals surface area contributed by atoms with Crippen LogP contribution in [0.2, 0.25) is 0 Å². The van der Waals surface area contributed by atoms with Crippen LogP contribution in [0, 0.1) is 0 Å². The molecule has 1 aromatic carbocycles. The highest BCUT2D eigenvalue weighted by Crippen LogP contribution is 2.28. The Morgan fingerprint density at radius 3 is 2.67 bits per heavy atom. The lowest BCUT2D eigenvalue weighted by Crippen LogP contribution is -2.20. The molecule has 6 heteroatoms. The van der Waals surface area contributed by atoms with Crippen LogP contribution in [0.15, 0.2) is 47.2 Å². The first-order valence-corrected chi connectivity index (χ1v) is 6.72. The van der Waals surface area contributed by atoms with Gasteiger partial charge in [0.05, 0.1) is 17.3 Å². The van der Waals surface area contributed by atoms with Gasteiger partial charge >= 0.3 is 0 Å². The Balaban J connectivity index is 1.84. The number of hydrogen-bond donors (Lipinski definition) is 1. The molecule has 0 unspecified atom stereocenters. The Labute approximate surface area is 122 Å². The lowest BCUT2D eigenvalue weighted by molar-refractivity contribution is 0.355. The Morgan fingerprint density at radius 2 is 2.00 bits per heavy atom. The van der Waals surface area contributed by atoms with Gasteiger partial charge in [-0.25, -0.2) is 0 Å². The van der Waals surface area contributed by atoms with E-state index in [1.807, 2.05) is 18.2 Å². The average molecular weight is 283 g/mol. The highest BCUT2D eigenvalue weighted by molar-refractivity contribution is 5.31. The molecule has 0 saturated carbocycles. The van der Waals surface area contributed by atoms with Crippen molar-refractivity contribution in [3.05, 3.63) is 60.0 Å². The summed E-state index contributed by atoms with van der Waals surface area (Å²) in [6.45, 7) is 4.56. The van der Waals surface area contributed by atoms with Crippen LogP contribution in [-0.4, -0.2) is 19.9 Å². The van der Waals surface area contributed by atoms with Crippen LogP contribution in [0.1, 0.15) is 31.1 Å². The maximum atomic E-state index is 5.63. The summed E-state index contributed by atoms with van der Waals surface area (Å²) in [5.41, 5.74) is 7.07. The van der Waals surface area contributed by atoms with E-state index in [9.17, 15) is 0 Å². The zero-order valence-corrected chi connectivity index (χ0v) is 12.0. The second-order valence-corrected chi connectivity index (χ2v) is 5.47. The highest BCUT2D eigenvalue weighted by atomic mass is 16.5. The Kier molecular flexibility index (Phi) is 3.21. The molecular formula is C15H17N5O. The minimum atomic E-state index is -0.313. The third kappa shape index (κ3) is 2.65. The maximum Gasteiger partial charge on any atom is 0.248 e. The van der Waals surface area contributed by atoms with Crippen LogP contribution in [0.5, 0.6) is 0 Å². The predicted molar refractivity (Wildman–Crippen MR) is 78.6 cm³/mol. The monoisotopic (exact) mass is 283 g/mol. The fourth-order valence-corrected chi connectivity index (χ4v) is 2.16. The van der Waals surface area contributed by atoms with Gasteiger partial charge in [0.25, 0.3) is 0 Å². The van der Waals surface area contributed by atoms with Crippen molar-refractivity contribution in [2.24, 2.45) is 0 Å². The van der Waals surface area contributed by atoms with Crippen molar-refractivity contribution < 1.29 is 4.52 Å². The van der Waals surface area contributed by atoms with Gasteiger partial charge in [0.15, 0.2) is 5.82 Å². The highest BCUT2D eigenvalue weighted by Gasteiger charge is 2.28. The van der Waals surface area contributed by atoms with Crippen molar-refractivity contribution in [1.82, 2.24) is 19.9 Å². The summed E-state index contributed by atoms with van der Waals surface area (Å²) < 4.78 is 6.99. The molecule has 0 saturated heterocycles. The summed E-state index contributed by atoms with van der Waals surface area (Å²) in [5, 5.41) is 8.21. The lowest BCUT2D eigenvalue weighted by Gasteiger charge is -2.20. The van der Waals surface area contributed by atoms with Crippen molar-refractivity contribution in [3.63, 3.8) is 0 Å². The fraction of sp³-hybridized carbons (Fsp3) is 0.267. The van der Waals surface area contributed by atoms with Crippen LogP contribution in [0.3, 0.4) is 0 Å². The van der Waals surface area contributed by atoms with Crippen molar-refractivity contribution in [2.75, 3.05) is 5.73 Å². The van der Waals surface area contributed by atoms with Crippen LogP contribution in [0.4, 0.5) is 5.69 Å². The number of rotatable bonds is 4. The second kappa shape index (κ2) is 5.05. The van der Waals surface area contributed by atoms with Gasteiger partial charge in [-0.3, -0.25) is 4.68 Å². The van der Waals surface area contributed by atoms with Gasteiger partial charge < -0.3 is 10.3 Å². The fourth-order valence-electron chi connectivity index (χ4n) is 2.16. The molecule has 6 nitrogen and oxygen atoms in total. The number of nitrogens with zero attached hydrogens (tertiary/aromatic N) is 4.